The predicted molar refractivity (Wildman–Crippen MR) is 147 cm³/mol. The number of benzene rings is 3. The summed E-state index contributed by atoms with van der Waals surface area (Å²) in [6, 6.07) is 17.9. The number of rotatable bonds is 10. The van der Waals surface area contributed by atoms with Crippen molar-refractivity contribution < 1.29 is 22.7 Å². The lowest BCUT2D eigenvalue weighted by Crippen LogP contribution is -2.29. The summed E-state index contributed by atoms with van der Waals surface area (Å²) < 4.78 is 30.1. The fourth-order valence-corrected chi connectivity index (χ4v) is 4.45. The standard InChI is InChI=1S/C28H33N3O5S/c1-19-17-22(28(33)30-37(5,34)35)10-14-25(19)20-8-12-24(13-9-20)29-27(32)23-11-15-26(36-4)21(18-23)7-6-16-31(2)3/h8-15,17-18H,6-7,16H2,1-5H3,(H,29,32)(H,30,33). The Kier molecular flexibility index (Phi) is 9.07. The maximum Gasteiger partial charge on any atom is 0.264 e. The molecule has 2 N–H and O–H groups in total. The molecule has 0 spiro atoms. The third kappa shape index (κ3) is 7.90. The predicted octanol–water partition coefficient (Wildman–Crippen LogP) is 4.11. The van der Waals surface area contributed by atoms with E-state index >= 15 is 0 Å². The zero-order chi connectivity index (χ0) is 27.2. The van der Waals surface area contributed by atoms with Gasteiger partial charge in [-0.3, -0.25) is 9.59 Å². The number of carbonyl (C=O) groups is 2. The van der Waals surface area contributed by atoms with E-state index in [-0.39, 0.29) is 11.5 Å². The highest BCUT2D eigenvalue weighted by atomic mass is 32.2. The number of nitrogens with zero attached hydrogens (tertiary/aromatic N) is 1. The number of ether oxygens (including phenoxy) is 1. The Hall–Kier alpha value is -3.69. The van der Waals surface area contributed by atoms with Crippen LogP contribution in [0.25, 0.3) is 11.1 Å². The summed E-state index contributed by atoms with van der Waals surface area (Å²) >= 11 is 0. The maximum atomic E-state index is 12.9. The summed E-state index contributed by atoms with van der Waals surface area (Å²) in [4.78, 5) is 27.2. The van der Waals surface area contributed by atoms with Crippen LogP contribution in [-0.4, -0.2) is 59.1 Å². The zero-order valence-corrected chi connectivity index (χ0v) is 22.6. The van der Waals surface area contributed by atoms with E-state index < -0.39 is 15.9 Å². The Labute approximate surface area is 218 Å². The Bertz CT molecular complexity index is 1380. The highest BCUT2D eigenvalue weighted by Gasteiger charge is 2.14. The summed E-state index contributed by atoms with van der Waals surface area (Å²) in [6.45, 7) is 2.80. The minimum atomic E-state index is -3.64. The molecule has 8 nitrogen and oxygen atoms in total. The molecule has 196 valence electrons. The van der Waals surface area contributed by atoms with Crippen molar-refractivity contribution in [2.24, 2.45) is 0 Å². The number of anilines is 1. The Morgan fingerprint density at radius 3 is 2.16 bits per heavy atom. The van der Waals surface area contributed by atoms with Crippen LogP contribution in [0.15, 0.2) is 60.7 Å². The van der Waals surface area contributed by atoms with E-state index in [9.17, 15) is 18.0 Å². The Morgan fingerprint density at radius 1 is 0.919 bits per heavy atom. The van der Waals surface area contributed by atoms with E-state index in [2.05, 4.69) is 10.2 Å². The summed E-state index contributed by atoms with van der Waals surface area (Å²) in [6.07, 6.45) is 2.70. The van der Waals surface area contributed by atoms with Gasteiger partial charge in [0.1, 0.15) is 5.75 Å². The first kappa shape index (κ1) is 27.9. The van der Waals surface area contributed by atoms with Gasteiger partial charge in [-0.05, 0) is 105 Å². The molecule has 0 fully saturated rings. The quantitative estimate of drug-likeness (QED) is 0.415. The molecular weight excluding hydrogens is 490 g/mol. The largest absolute Gasteiger partial charge is 0.496 e. The van der Waals surface area contributed by atoms with Gasteiger partial charge in [-0.15, -0.1) is 0 Å². The van der Waals surface area contributed by atoms with Gasteiger partial charge in [-0.25, -0.2) is 13.1 Å². The van der Waals surface area contributed by atoms with E-state index in [1.54, 1.807) is 31.4 Å². The smallest absolute Gasteiger partial charge is 0.264 e. The molecule has 0 aliphatic rings. The van der Waals surface area contributed by atoms with Gasteiger partial charge in [-0.2, -0.15) is 0 Å². The van der Waals surface area contributed by atoms with Crippen LogP contribution >= 0.6 is 0 Å². The molecule has 3 rings (SSSR count). The molecular formula is C28H33N3O5S. The van der Waals surface area contributed by atoms with Crippen LogP contribution in [-0.2, 0) is 16.4 Å². The van der Waals surface area contributed by atoms with Crippen molar-refractivity contribution in [2.75, 3.05) is 39.3 Å². The van der Waals surface area contributed by atoms with Gasteiger partial charge >= 0.3 is 0 Å². The van der Waals surface area contributed by atoms with Gasteiger partial charge in [0.25, 0.3) is 11.8 Å². The van der Waals surface area contributed by atoms with Crippen molar-refractivity contribution in [3.63, 3.8) is 0 Å². The number of aryl methyl sites for hydroxylation is 2. The molecule has 0 atom stereocenters. The number of hydrogen-bond acceptors (Lipinski definition) is 6. The van der Waals surface area contributed by atoms with Crippen molar-refractivity contribution in [3.05, 3.63) is 82.9 Å². The molecule has 0 saturated carbocycles. The third-order valence-electron chi connectivity index (χ3n) is 5.81. The molecule has 2 amide bonds. The highest BCUT2D eigenvalue weighted by molar-refractivity contribution is 7.89. The number of sulfonamides is 1. The van der Waals surface area contributed by atoms with Crippen LogP contribution in [0.4, 0.5) is 5.69 Å². The van der Waals surface area contributed by atoms with E-state index in [0.29, 0.717) is 11.3 Å². The second kappa shape index (κ2) is 12.0. The molecule has 3 aromatic rings. The fraction of sp³-hybridized carbons (Fsp3) is 0.286. The molecule has 37 heavy (non-hydrogen) atoms. The first-order chi connectivity index (χ1) is 17.5. The summed E-state index contributed by atoms with van der Waals surface area (Å²) in [7, 11) is 2.06. The number of hydrogen-bond donors (Lipinski definition) is 2. The molecule has 0 aliphatic carbocycles. The van der Waals surface area contributed by atoms with Crippen molar-refractivity contribution >= 4 is 27.5 Å². The van der Waals surface area contributed by atoms with Gasteiger partial charge < -0.3 is 15.0 Å². The lowest BCUT2D eigenvalue weighted by Gasteiger charge is -2.13. The maximum absolute atomic E-state index is 12.9. The Balaban J connectivity index is 1.71. The first-order valence-electron chi connectivity index (χ1n) is 11.8. The van der Waals surface area contributed by atoms with E-state index in [4.69, 9.17) is 4.74 Å². The average Bonchev–Trinajstić information content (AvgIpc) is 2.83. The van der Waals surface area contributed by atoms with E-state index in [1.807, 2.05) is 62.1 Å². The van der Waals surface area contributed by atoms with Crippen molar-refractivity contribution in [3.8, 4) is 16.9 Å². The molecule has 3 aromatic carbocycles. The van der Waals surface area contributed by atoms with Gasteiger partial charge in [0.15, 0.2) is 0 Å². The van der Waals surface area contributed by atoms with Gasteiger partial charge in [0, 0.05) is 16.8 Å². The molecule has 0 unspecified atom stereocenters. The molecule has 0 radical (unpaired) electrons. The van der Waals surface area contributed by atoms with Gasteiger partial charge in [0.05, 0.1) is 13.4 Å². The molecule has 0 heterocycles. The van der Waals surface area contributed by atoms with E-state index in [1.165, 1.54) is 0 Å². The van der Waals surface area contributed by atoms with Crippen LogP contribution in [0.1, 0.15) is 38.3 Å². The second-order valence-corrected chi connectivity index (χ2v) is 10.9. The van der Waals surface area contributed by atoms with Crippen LogP contribution in [0.2, 0.25) is 0 Å². The summed E-state index contributed by atoms with van der Waals surface area (Å²) in [5.74, 6) is -0.105. The summed E-state index contributed by atoms with van der Waals surface area (Å²) in [5.41, 5.74) is 5.08. The monoisotopic (exact) mass is 523 g/mol. The first-order valence-corrected chi connectivity index (χ1v) is 13.7. The highest BCUT2D eigenvalue weighted by Crippen LogP contribution is 2.27. The second-order valence-electron chi connectivity index (χ2n) is 9.20. The molecule has 0 aromatic heterocycles. The van der Waals surface area contributed by atoms with E-state index in [0.717, 1.165) is 53.6 Å². The van der Waals surface area contributed by atoms with Gasteiger partial charge in [-0.1, -0.05) is 18.2 Å². The van der Waals surface area contributed by atoms with Crippen molar-refractivity contribution in [2.45, 2.75) is 19.8 Å². The fourth-order valence-electron chi connectivity index (χ4n) is 3.99. The number of methoxy groups -OCH3 is 1. The normalized spacial score (nSPS) is 11.3. The van der Waals surface area contributed by atoms with Crippen molar-refractivity contribution in [1.82, 2.24) is 9.62 Å². The number of carbonyl (C=O) groups excluding carboxylic acids is 2. The lowest BCUT2D eigenvalue weighted by molar-refractivity contribution is 0.0980. The lowest BCUT2D eigenvalue weighted by atomic mass is 9.98. The topological polar surface area (TPSA) is 105 Å². The molecule has 9 heteroatoms. The van der Waals surface area contributed by atoms with Crippen LogP contribution < -0.4 is 14.8 Å². The minimum Gasteiger partial charge on any atom is -0.496 e. The number of nitrogens with one attached hydrogen (secondary N) is 2. The third-order valence-corrected chi connectivity index (χ3v) is 6.37. The Morgan fingerprint density at radius 2 is 1.57 bits per heavy atom. The van der Waals surface area contributed by atoms with Crippen molar-refractivity contribution in [1.29, 1.82) is 0 Å². The summed E-state index contributed by atoms with van der Waals surface area (Å²) in [5, 5.41) is 2.94. The molecule has 0 aliphatic heterocycles. The SMILES string of the molecule is COc1ccc(C(=O)Nc2ccc(-c3ccc(C(=O)NS(C)(=O)=O)cc3C)cc2)cc1CCCN(C)C. The number of amides is 2. The zero-order valence-electron chi connectivity index (χ0n) is 21.8. The molecule has 0 saturated heterocycles. The van der Waals surface area contributed by atoms with Crippen LogP contribution in [0, 0.1) is 6.92 Å². The molecule has 0 bridgehead atoms. The van der Waals surface area contributed by atoms with Crippen LogP contribution in [0.5, 0.6) is 5.75 Å². The van der Waals surface area contributed by atoms with Gasteiger partial charge in [0.2, 0.25) is 10.0 Å². The average molecular weight is 524 g/mol. The minimum absolute atomic E-state index is 0.207. The van der Waals surface area contributed by atoms with Crippen LogP contribution in [0.3, 0.4) is 0 Å².